The third kappa shape index (κ3) is 2.06. The number of carbonyl (C=O) groups is 2. The molecule has 0 unspecified atom stereocenters. The van der Waals surface area contributed by atoms with Crippen molar-refractivity contribution in [2.75, 3.05) is 0 Å². The molecule has 4 nitrogen and oxygen atoms in total. The Morgan fingerprint density at radius 3 is 2.50 bits per heavy atom. The Balaban J connectivity index is 2.25. The van der Waals surface area contributed by atoms with E-state index in [0.717, 1.165) is 12.5 Å². The quantitative estimate of drug-likeness (QED) is 0.886. The molecule has 1 amide bonds. The smallest absolute Gasteiger partial charge is 0.329 e. The summed E-state index contributed by atoms with van der Waals surface area (Å²) in [7, 11) is 0. The molecule has 6 heteroatoms. The normalized spacial score (nSPS) is 16.8. The molecule has 2 N–H and O–H groups in total. The number of carbonyl (C=O) groups excluding carboxylic acids is 1. The molecule has 0 spiro atoms. The van der Waals surface area contributed by atoms with Crippen molar-refractivity contribution < 1.29 is 19.1 Å². The van der Waals surface area contributed by atoms with Crippen LogP contribution in [0, 0.1) is 5.82 Å². The SMILES string of the molecule is O=C(NC1(C(=O)O)CCC1)c1c(F)cccc1Cl. The number of carboxylic acids is 1. The van der Waals surface area contributed by atoms with Crippen LogP contribution in [0.4, 0.5) is 4.39 Å². The summed E-state index contributed by atoms with van der Waals surface area (Å²) in [6.07, 6.45) is 1.41. The van der Waals surface area contributed by atoms with Crippen LogP contribution in [0.5, 0.6) is 0 Å². The molecule has 1 saturated carbocycles. The number of aliphatic carboxylic acids is 1. The monoisotopic (exact) mass is 271 g/mol. The van der Waals surface area contributed by atoms with E-state index in [1.54, 1.807) is 0 Å². The van der Waals surface area contributed by atoms with E-state index in [1.807, 2.05) is 0 Å². The van der Waals surface area contributed by atoms with Crippen LogP contribution in [0.2, 0.25) is 5.02 Å². The second-order valence-corrected chi connectivity index (χ2v) is 4.70. The summed E-state index contributed by atoms with van der Waals surface area (Å²) >= 11 is 5.75. The molecular weight excluding hydrogens is 261 g/mol. The van der Waals surface area contributed by atoms with Crippen LogP contribution in [0.3, 0.4) is 0 Å². The summed E-state index contributed by atoms with van der Waals surface area (Å²) in [6, 6.07) is 3.87. The lowest BCUT2D eigenvalue weighted by Crippen LogP contribution is -2.59. The second-order valence-electron chi connectivity index (χ2n) is 4.29. The Hall–Kier alpha value is -1.62. The van der Waals surface area contributed by atoms with Crippen LogP contribution in [-0.4, -0.2) is 22.5 Å². The van der Waals surface area contributed by atoms with Gasteiger partial charge in [0.25, 0.3) is 5.91 Å². The Morgan fingerprint density at radius 2 is 2.06 bits per heavy atom. The first kappa shape index (κ1) is 12.8. The summed E-state index contributed by atoms with van der Waals surface area (Å²) in [5.74, 6) is -2.66. The molecular formula is C12H11ClFNO3. The lowest BCUT2D eigenvalue weighted by atomic mass is 9.76. The first-order valence-electron chi connectivity index (χ1n) is 5.46. The van der Waals surface area contributed by atoms with Crippen molar-refractivity contribution in [3.63, 3.8) is 0 Å². The first-order chi connectivity index (χ1) is 8.46. The predicted molar refractivity (Wildman–Crippen MR) is 63.1 cm³/mol. The third-order valence-electron chi connectivity index (χ3n) is 3.16. The minimum absolute atomic E-state index is 0.0348. The van der Waals surface area contributed by atoms with Crippen LogP contribution < -0.4 is 5.32 Å². The fourth-order valence-corrected chi connectivity index (χ4v) is 2.17. The lowest BCUT2D eigenvalue weighted by molar-refractivity contribution is -0.148. The van der Waals surface area contributed by atoms with Gasteiger partial charge in [-0.1, -0.05) is 17.7 Å². The van der Waals surface area contributed by atoms with Gasteiger partial charge >= 0.3 is 5.97 Å². The van der Waals surface area contributed by atoms with Gasteiger partial charge in [0.05, 0.1) is 10.6 Å². The van der Waals surface area contributed by atoms with Gasteiger partial charge < -0.3 is 10.4 Å². The van der Waals surface area contributed by atoms with Crippen molar-refractivity contribution in [2.45, 2.75) is 24.8 Å². The van der Waals surface area contributed by atoms with E-state index in [-0.39, 0.29) is 10.6 Å². The number of carboxylic acid groups (broad SMARTS) is 1. The predicted octanol–water partition coefficient (Wildman–Crippen LogP) is 2.22. The molecule has 0 atom stereocenters. The van der Waals surface area contributed by atoms with Gasteiger partial charge in [0.15, 0.2) is 0 Å². The average Bonchev–Trinajstić information content (AvgIpc) is 2.22. The Labute approximate surface area is 108 Å². The average molecular weight is 272 g/mol. The Kier molecular flexibility index (Phi) is 3.26. The molecule has 1 aromatic carbocycles. The molecule has 1 fully saturated rings. The topological polar surface area (TPSA) is 66.4 Å². The lowest BCUT2D eigenvalue weighted by Gasteiger charge is -2.38. The van der Waals surface area contributed by atoms with Crippen molar-refractivity contribution in [2.24, 2.45) is 0 Å². The Morgan fingerprint density at radius 1 is 1.39 bits per heavy atom. The van der Waals surface area contributed by atoms with Gasteiger partial charge in [0.1, 0.15) is 11.4 Å². The molecule has 0 radical (unpaired) electrons. The minimum Gasteiger partial charge on any atom is -0.480 e. The van der Waals surface area contributed by atoms with Crippen LogP contribution >= 0.6 is 11.6 Å². The molecule has 96 valence electrons. The number of nitrogens with one attached hydrogen (secondary N) is 1. The fraction of sp³-hybridized carbons (Fsp3) is 0.333. The zero-order valence-corrected chi connectivity index (χ0v) is 10.1. The van der Waals surface area contributed by atoms with Gasteiger partial charge in [-0.05, 0) is 31.4 Å². The number of amides is 1. The van der Waals surface area contributed by atoms with E-state index in [9.17, 15) is 14.0 Å². The van der Waals surface area contributed by atoms with E-state index >= 15 is 0 Å². The highest BCUT2D eigenvalue weighted by atomic mass is 35.5. The van der Waals surface area contributed by atoms with Crippen molar-refractivity contribution in [3.8, 4) is 0 Å². The van der Waals surface area contributed by atoms with Gasteiger partial charge in [-0.15, -0.1) is 0 Å². The van der Waals surface area contributed by atoms with E-state index in [1.165, 1.54) is 12.1 Å². The third-order valence-corrected chi connectivity index (χ3v) is 3.47. The molecule has 0 aliphatic heterocycles. The molecule has 18 heavy (non-hydrogen) atoms. The van der Waals surface area contributed by atoms with Gasteiger partial charge in [-0.25, -0.2) is 9.18 Å². The van der Waals surface area contributed by atoms with Gasteiger partial charge in [-0.2, -0.15) is 0 Å². The highest BCUT2D eigenvalue weighted by Crippen LogP contribution is 2.33. The summed E-state index contributed by atoms with van der Waals surface area (Å²) in [6.45, 7) is 0. The largest absolute Gasteiger partial charge is 0.480 e. The number of hydrogen-bond acceptors (Lipinski definition) is 2. The molecule has 1 aromatic rings. The maximum absolute atomic E-state index is 13.5. The highest BCUT2D eigenvalue weighted by molar-refractivity contribution is 6.33. The summed E-state index contributed by atoms with van der Waals surface area (Å²) in [4.78, 5) is 23.0. The highest BCUT2D eigenvalue weighted by Gasteiger charge is 2.46. The van der Waals surface area contributed by atoms with Crippen molar-refractivity contribution in [3.05, 3.63) is 34.6 Å². The van der Waals surface area contributed by atoms with E-state index in [0.29, 0.717) is 12.8 Å². The molecule has 1 aliphatic rings. The van der Waals surface area contributed by atoms with E-state index in [2.05, 4.69) is 5.32 Å². The second kappa shape index (κ2) is 4.57. The van der Waals surface area contributed by atoms with Crippen LogP contribution in [0.15, 0.2) is 18.2 Å². The van der Waals surface area contributed by atoms with E-state index in [4.69, 9.17) is 16.7 Å². The molecule has 0 heterocycles. The maximum Gasteiger partial charge on any atom is 0.329 e. The Bertz CT molecular complexity index is 494. The summed E-state index contributed by atoms with van der Waals surface area (Å²) in [5.41, 5.74) is -1.59. The number of halogens is 2. The molecule has 0 saturated heterocycles. The van der Waals surface area contributed by atoms with Gasteiger partial charge in [-0.3, -0.25) is 4.79 Å². The number of rotatable bonds is 3. The standard InChI is InChI=1S/C12H11ClFNO3/c13-7-3-1-4-8(14)9(7)10(16)15-12(11(17)18)5-2-6-12/h1,3-4H,2,5-6H2,(H,15,16)(H,17,18). The summed E-state index contributed by atoms with van der Waals surface area (Å²) < 4.78 is 13.5. The fourth-order valence-electron chi connectivity index (χ4n) is 1.92. The van der Waals surface area contributed by atoms with Crippen molar-refractivity contribution >= 4 is 23.5 Å². The van der Waals surface area contributed by atoms with Gasteiger partial charge in [0, 0.05) is 0 Å². The van der Waals surface area contributed by atoms with Crippen LogP contribution in [0.25, 0.3) is 0 Å². The molecule has 0 aromatic heterocycles. The van der Waals surface area contributed by atoms with Crippen LogP contribution in [-0.2, 0) is 4.79 Å². The van der Waals surface area contributed by atoms with Crippen molar-refractivity contribution in [1.29, 1.82) is 0 Å². The number of benzene rings is 1. The summed E-state index contributed by atoms with van der Waals surface area (Å²) in [5, 5.41) is 11.4. The zero-order chi connectivity index (χ0) is 13.3. The molecule has 2 rings (SSSR count). The van der Waals surface area contributed by atoms with Crippen LogP contribution in [0.1, 0.15) is 29.6 Å². The number of hydrogen-bond donors (Lipinski definition) is 2. The molecule has 1 aliphatic carbocycles. The minimum atomic E-state index is -1.28. The van der Waals surface area contributed by atoms with E-state index < -0.39 is 23.2 Å². The van der Waals surface area contributed by atoms with Crippen molar-refractivity contribution in [1.82, 2.24) is 5.32 Å². The molecule has 0 bridgehead atoms. The maximum atomic E-state index is 13.5. The van der Waals surface area contributed by atoms with Gasteiger partial charge in [0.2, 0.25) is 0 Å². The zero-order valence-electron chi connectivity index (χ0n) is 9.37. The first-order valence-corrected chi connectivity index (χ1v) is 5.84.